The number of hydrogen-bond donors (Lipinski definition) is 1. The number of methoxy groups -OCH3 is 1. The third kappa shape index (κ3) is 6.20. The summed E-state index contributed by atoms with van der Waals surface area (Å²) in [5, 5.41) is 2.93. The molecule has 1 aliphatic carbocycles. The zero-order valence-electron chi connectivity index (χ0n) is 22.3. The Balaban J connectivity index is 1.14. The van der Waals surface area contributed by atoms with Crippen LogP contribution < -0.4 is 10.1 Å². The lowest BCUT2D eigenvalue weighted by Gasteiger charge is -2.29. The van der Waals surface area contributed by atoms with Crippen LogP contribution >= 0.6 is 0 Å². The van der Waals surface area contributed by atoms with Crippen LogP contribution in [0.15, 0.2) is 42.5 Å². The Labute approximate surface area is 228 Å². The normalized spacial score (nSPS) is 21.4. The average molecular weight is 534 g/mol. The second-order valence-electron chi connectivity index (χ2n) is 10.6. The fourth-order valence-corrected chi connectivity index (χ4v) is 5.67. The number of amides is 2. The van der Waals surface area contributed by atoms with Gasteiger partial charge in [-0.3, -0.25) is 24.1 Å². The number of nitrogens with zero attached hydrogens (tertiary/aromatic N) is 2. The first kappa shape index (κ1) is 27.0. The highest BCUT2D eigenvalue weighted by molar-refractivity contribution is 6.07. The van der Waals surface area contributed by atoms with Gasteiger partial charge in [-0.2, -0.15) is 0 Å². The van der Waals surface area contributed by atoms with Crippen molar-refractivity contribution >= 4 is 23.4 Å². The van der Waals surface area contributed by atoms with Gasteiger partial charge in [-0.15, -0.1) is 0 Å². The lowest BCUT2D eigenvalue weighted by molar-refractivity contribution is -0.133. The highest BCUT2D eigenvalue weighted by atomic mass is 16.5. The molecule has 0 bridgehead atoms. The molecule has 1 saturated heterocycles. The van der Waals surface area contributed by atoms with E-state index < -0.39 is 6.04 Å². The molecular weight excluding hydrogens is 498 g/mol. The SMILES string of the molecule is COCCNC(=O)C1CCN(Cc2ccc(COc3cccc4c3CN(C3CCC(=O)CC3=O)C4=O)cc2)C1. The highest BCUT2D eigenvalue weighted by Crippen LogP contribution is 2.34. The molecule has 2 heterocycles. The molecule has 0 spiro atoms. The predicted molar refractivity (Wildman–Crippen MR) is 143 cm³/mol. The van der Waals surface area contributed by atoms with Gasteiger partial charge in [0.25, 0.3) is 5.91 Å². The smallest absolute Gasteiger partial charge is 0.255 e. The van der Waals surface area contributed by atoms with Crippen molar-refractivity contribution in [3.05, 3.63) is 64.7 Å². The zero-order chi connectivity index (χ0) is 27.4. The van der Waals surface area contributed by atoms with E-state index in [9.17, 15) is 19.2 Å². The Kier molecular flexibility index (Phi) is 8.38. The number of carbonyl (C=O) groups is 4. The van der Waals surface area contributed by atoms with Gasteiger partial charge < -0.3 is 19.7 Å². The molecule has 2 atom stereocenters. The Morgan fingerprint density at radius 2 is 1.85 bits per heavy atom. The van der Waals surface area contributed by atoms with Crippen LogP contribution in [0.2, 0.25) is 0 Å². The van der Waals surface area contributed by atoms with Crippen LogP contribution in [0.4, 0.5) is 0 Å². The molecule has 1 saturated carbocycles. The van der Waals surface area contributed by atoms with E-state index in [0.717, 1.165) is 37.2 Å². The van der Waals surface area contributed by atoms with Gasteiger partial charge in [0.05, 0.1) is 31.5 Å². The van der Waals surface area contributed by atoms with Crippen LogP contribution in [0.1, 0.15) is 52.7 Å². The first-order chi connectivity index (χ1) is 18.9. The average Bonchev–Trinajstić information content (AvgIpc) is 3.53. The molecule has 2 aromatic carbocycles. The molecule has 2 aliphatic heterocycles. The number of ether oxygens (including phenoxy) is 2. The number of hydrogen-bond acceptors (Lipinski definition) is 7. The van der Waals surface area contributed by atoms with Gasteiger partial charge in [-0.05, 0) is 42.6 Å². The van der Waals surface area contributed by atoms with Crippen LogP contribution in [0.25, 0.3) is 0 Å². The minimum atomic E-state index is -0.543. The van der Waals surface area contributed by atoms with E-state index in [1.54, 1.807) is 24.1 Å². The number of benzene rings is 2. The summed E-state index contributed by atoms with van der Waals surface area (Å²) in [7, 11) is 1.62. The molecule has 206 valence electrons. The molecule has 2 fully saturated rings. The molecule has 2 unspecified atom stereocenters. The first-order valence-corrected chi connectivity index (χ1v) is 13.6. The summed E-state index contributed by atoms with van der Waals surface area (Å²) in [5.41, 5.74) is 3.54. The summed E-state index contributed by atoms with van der Waals surface area (Å²) in [5.74, 6) is 0.345. The van der Waals surface area contributed by atoms with E-state index in [1.165, 1.54) is 5.56 Å². The fraction of sp³-hybridized carbons (Fsp3) is 0.467. The third-order valence-electron chi connectivity index (χ3n) is 7.84. The van der Waals surface area contributed by atoms with Crippen molar-refractivity contribution < 1.29 is 28.7 Å². The Morgan fingerprint density at radius 1 is 1.05 bits per heavy atom. The summed E-state index contributed by atoms with van der Waals surface area (Å²) in [6, 6.07) is 13.1. The van der Waals surface area contributed by atoms with Crippen molar-refractivity contribution in [2.75, 3.05) is 33.4 Å². The number of Topliss-reactive ketones (excluding diaryl/α,β-unsaturated/α-hetero) is 2. The lowest BCUT2D eigenvalue weighted by atomic mass is 9.92. The number of nitrogens with one attached hydrogen (secondary N) is 1. The van der Waals surface area contributed by atoms with Crippen molar-refractivity contribution in [2.45, 2.75) is 51.4 Å². The lowest BCUT2D eigenvalue weighted by Crippen LogP contribution is -2.44. The van der Waals surface area contributed by atoms with Gasteiger partial charge in [0.2, 0.25) is 5.91 Å². The van der Waals surface area contributed by atoms with Crippen LogP contribution in [-0.4, -0.2) is 72.6 Å². The molecular formula is C30H35N3O6. The summed E-state index contributed by atoms with van der Waals surface area (Å²) < 4.78 is 11.1. The summed E-state index contributed by atoms with van der Waals surface area (Å²) in [6.45, 7) is 4.17. The molecule has 3 aliphatic rings. The minimum Gasteiger partial charge on any atom is -0.489 e. The molecule has 39 heavy (non-hydrogen) atoms. The van der Waals surface area contributed by atoms with Crippen molar-refractivity contribution in [3.8, 4) is 5.75 Å². The monoisotopic (exact) mass is 533 g/mol. The standard InChI is InChI=1S/C30H35N3O6/c1-38-14-12-31-29(36)22-11-13-32(17-22)16-20-5-7-21(8-6-20)19-39-28-4-2-3-24-25(28)18-33(30(24)37)26-10-9-23(34)15-27(26)35/h2-8,22,26H,9-19H2,1H3,(H,31,36). The zero-order valence-corrected chi connectivity index (χ0v) is 22.3. The van der Waals surface area contributed by atoms with Crippen molar-refractivity contribution in [3.63, 3.8) is 0 Å². The van der Waals surface area contributed by atoms with E-state index in [1.807, 2.05) is 18.2 Å². The third-order valence-corrected chi connectivity index (χ3v) is 7.84. The maximum atomic E-state index is 13.0. The van der Waals surface area contributed by atoms with Crippen molar-refractivity contribution in [1.82, 2.24) is 15.1 Å². The number of rotatable bonds is 10. The molecule has 0 radical (unpaired) electrons. The van der Waals surface area contributed by atoms with E-state index >= 15 is 0 Å². The van der Waals surface area contributed by atoms with E-state index in [0.29, 0.717) is 50.5 Å². The maximum Gasteiger partial charge on any atom is 0.255 e. The second-order valence-corrected chi connectivity index (χ2v) is 10.6. The second kappa shape index (κ2) is 12.1. The van der Waals surface area contributed by atoms with E-state index in [-0.39, 0.29) is 35.7 Å². The maximum absolute atomic E-state index is 13.0. The summed E-state index contributed by atoms with van der Waals surface area (Å²) in [6.07, 6.45) is 1.49. The highest BCUT2D eigenvalue weighted by Gasteiger charge is 2.40. The molecule has 9 heteroatoms. The van der Waals surface area contributed by atoms with Gasteiger partial charge in [0.15, 0.2) is 5.78 Å². The van der Waals surface area contributed by atoms with E-state index in [2.05, 4.69) is 22.3 Å². The number of carbonyl (C=O) groups excluding carboxylic acids is 4. The van der Waals surface area contributed by atoms with Crippen LogP contribution in [0.3, 0.4) is 0 Å². The van der Waals surface area contributed by atoms with Crippen LogP contribution in [0.5, 0.6) is 5.75 Å². The van der Waals surface area contributed by atoms with Gasteiger partial charge in [-0.1, -0.05) is 30.3 Å². The Bertz CT molecular complexity index is 1240. The van der Waals surface area contributed by atoms with Crippen molar-refractivity contribution in [1.29, 1.82) is 0 Å². The summed E-state index contributed by atoms with van der Waals surface area (Å²) >= 11 is 0. The number of fused-ring (bicyclic) bond motifs is 1. The minimum absolute atomic E-state index is 0.0173. The molecule has 1 N–H and O–H groups in total. The molecule has 2 aromatic rings. The summed E-state index contributed by atoms with van der Waals surface area (Å²) in [4.78, 5) is 53.3. The Hall–Kier alpha value is -3.56. The van der Waals surface area contributed by atoms with Gasteiger partial charge >= 0.3 is 0 Å². The molecule has 0 aromatic heterocycles. The largest absolute Gasteiger partial charge is 0.489 e. The number of ketones is 2. The van der Waals surface area contributed by atoms with Crippen molar-refractivity contribution in [2.24, 2.45) is 5.92 Å². The van der Waals surface area contributed by atoms with Gasteiger partial charge in [-0.25, -0.2) is 0 Å². The number of likely N-dealkylation sites (tertiary alicyclic amines) is 1. The predicted octanol–water partition coefficient (Wildman–Crippen LogP) is 2.50. The molecule has 9 nitrogen and oxygen atoms in total. The fourth-order valence-electron chi connectivity index (χ4n) is 5.67. The first-order valence-electron chi connectivity index (χ1n) is 13.6. The van der Waals surface area contributed by atoms with Crippen LogP contribution in [0, 0.1) is 5.92 Å². The van der Waals surface area contributed by atoms with Gasteiger partial charge in [0.1, 0.15) is 18.1 Å². The molecule has 2 amide bonds. The Morgan fingerprint density at radius 3 is 2.62 bits per heavy atom. The van der Waals surface area contributed by atoms with E-state index in [4.69, 9.17) is 9.47 Å². The van der Waals surface area contributed by atoms with Gasteiger partial charge in [0, 0.05) is 44.3 Å². The quantitative estimate of drug-likeness (QED) is 0.370. The van der Waals surface area contributed by atoms with Crippen LogP contribution in [-0.2, 0) is 38.8 Å². The molecule has 5 rings (SSSR count). The topological polar surface area (TPSA) is 105 Å².